The van der Waals surface area contributed by atoms with Gasteiger partial charge < -0.3 is 0 Å². The van der Waals surface area contributed by atoms with E-state index in [1.54, 1.807) is 0 Å². The van der Waals surface area contributed by atoms with Crippen LogP contribution < -0.4 is 0 Å². The summed E-state index contributed by atoms with van der Waals surface area (Å²) in [6.45, 7) is 12.0. The van der Waals surface area contributed by atoms with Crippen molar-refractivity contribution in [2.24, 2.45) is 0 Å². The molecule has 0 atom stereocenters. The molecule has 0 amide bonds. The van der Waals surface area contributed by atoms with Crippen LogP contribution in [0.3, 0.4) is 0 Å². The molecule has 0 N–H and O–H groups in total. The fourth-order valence-corrected chi connectivity index (χ4v) is 1.95. The van der Waals surface area contributed by atoms with Gasteiger partial charge >= 0.3 is 0 Å². The first-order valence-corrected chi connectivity index (χ1v) is 5.02. The molecule has 1 aromatic carbocycles. The zero-order valence-electron chi connectivity index (χ0n) is 9.96. The quantitative estimate of drug-likeness (QED) is 0.584. The van der Waals surface area contributed by atoms with Crippen molar-refractivity contribution in [1.29, 1.82) is 0 Å². The average molecular weight is 194 g/mol. The maximum absolute atomic E-state index is 13.9. The highest BCUT2D eigenvalue weighted by atomic mass is 19.1. The number of rotatable bonds is 0. The maximum atomic E-state index is 13.9. The standard InChI is InChI=1S/C13H19F/c1-8-7-9(2)12(14)11(10(8)3)13(4,5)6/h7H,1-6H3. The first-order chi connectivity index (χ1) is 6.25. The van der Waals surface area contributed by atoms with Crippen LogP contribution in [0.4, 0.5) is 4.39 Å². The Hall–Kier alpha value is -0.850. The number of hydrogen-bond acceptors (Lipinski definition) is 0. The molecule has 0 aliphatic carbocycles. The van der Waals surface area contributed by atoms with Crippen molar-refractivity contribution >= 4 is 0 Å². The lowest BCUT2D eigenvalue weighted by Crippen LogP contribution is -2.17. The zero-order valence-corrected chi connectivity index (χ0v) is 9.96. The van der Waals surface area contributed by atoms with Crippen LogP contribution in [-0.4, -0.2) is 0 Å². The van der Waals surface area contributed by atoms with Crippen LogP contribution in [0.25, 0.3) is 0 Å². The molecule has 0 nitrogen and oxygen atoms in total. The van der Waals surface area contributed by atoms with Gasteiger partial charge in [-0.1, -0.05) is 26.8 Å². The predicted octanol–water partition coefficient (Wildman–Crippen LogP) is 4.05. The molecule has 0 aromatic heterocycles. The molecule has 0 spiro atoms. The molecule has 0 saturated carbocycles. The van der Waals surface area contributed by atoms with Gasteiger partial charge in [0, 0.05) is 0 Å². The van der Waals surface area contributed by atoms with Gasteiger partial charge in [-0.25, -0.2) is 4.39 Å². The Morgan fingerprint density at radius 1 is 1.00 bits per heavy atom. The molecule has 0 radical (unpaired) electrons. The lowest BCUT2D eigenvalue weighted by atomic mass is 9.81. The summed E-state index contributed by atoms with van der Waals surface area (Å²) in [5.74, 6) is -0.0411. The van der Waals surface area contributed by atoms with Gasteiger partial charge in [0.25, 0.3) is 0 Å². The summed E-state index contributed by atoms with van der Waals surface area (Å²) in [6.07, 6.45) is 0. The van der Waals surface area contributed by atoms with E-state index in [2.05, 4.69) is 20.8 Å². The Labute approximate surface area is 86.2 Å². The molecule has 1 heteroatoms. The summed E-state index contributed by atoms with van der Waals surface area (Å²) in [6, 6.07) is 1.92. The van der Waals surface area contributed by atoms with Crippen LogP contribution in [-0.2, 0) is 5.41 Å². The van der Waals surface area contributed by atoms with Crippen molar-refractivity contribution in [3.05, 3.63) is 34.1 Å². The summed E-state index contributed by atoms with van der Waals surface area (Å²) in [5, 5.41) is 0. The van der Waals surface area contributed by atoms with E-state index in [9.17, 15) is 4.39 Å². The van der Waals surface area contributed by atoms with Gasteiger partial charge in [0.05, 0.1) is 0 Å². The summed E-state index contributed by atoms with van der Waals surface area (Å²) in [4.78, 5) is 0. The van der Waals surface area contributed by atoms with Crippen LogP contribution >= 0.6 is 0 Å². The molecular formula is C13H19F. The second kappa shape index (κ2) is 3.38. The SMILES string of the molecule is Cc1cc(C)c(F)c(C(C)(C)C)c1C. The van der Waals surface area contributed by atoms with Gasteiger partial charge in [-0.3, -0.25) is 0 Å². The molecule has 0 fully saturated rings. The topological polar surface area (TPSA) is 0 Å². The first-order valence-electron chi connectivity index (χ1n) is 5.02. The Kier molecular flexibility index (Phi) is 2.71. The van der Waals surface area contributed by atoms with E-state index < -0.39 is 0 Å². The highest BCUT2D eigenvalue weighted by molar-refractivity contribution is 5.42. The smallest absolute Gasteiger partial charge is 0.130 e. The van der Waals surface area contributed by atoms with Crippen molar-refractivity contribution in [3.63, 3.8) is 0 Å². The van der Waals surface area contributed by atoms with Crippen molar-refractivity contribution in [3.8, 4) is 0 Å². The third kappa shape index (κ3) is 1.82. The summed E-state index contributed by atoms with van der Waals surface area (Å²) in [7, 11) is 0. The van der Waals surface area contributed by atoms with Gasteiger partial charge in [-0.2, -0.15) is 0 Å². The van der Waals surface area contributed by atoms with Crippen LogP contribution in [0.15, 0.2) is 6.07 Å². The minimum atomic E-state index is -0.120. The van der Waals surface area contributed by atoms with Crippen molar-refractivity contribution in [2.75, 3.05) is 0 Å². The average Bonchev–Trinajstić information content (AvgIpc) is 1.98. The Bertz CT molecular complexity index is 330. The summed E-state index contributed by atoms with van der Waals surface area (Å²) >= 11 is 0. The van der Waals surface area contributed by atoms with Gasteiger partial charge in [-0.15, -0.1) is 0 Å². The molecule has 78 valence electrons. The van der Waals surface area contributed by atoms with Gasteiger partial charge in [0.2, 0.25) is 0 Å². The highest BCUT2D eigenvalue weighted by Crippen LogP contribution is 2.31. The molecule has 14 heavy (non-hydrogen) atoms. The molecule has 0 heterocycles. The first kappa shape index (κ1) is 11.2. The number of benzene rings is 1. The van der Waals surface area contributed by atoms with E-state index in [-0.39, 0.29) is 11.2 Å². The molecule has 0 bridgehead atoms. The normalized spacial score (nSPS) is 11.9. The van der Waals surface area contributed by atoms with E-state index in [1.165, 1.54) is 5.56 Å². The zero-order chi connectivity index (χ0) is 11.1. The lowest BCUT2D eigenvalue weighted by Gasteiger charge is -2.24. The summed E-state index contributed by atoms with van der Waals surface area (Å²) in [5.41, 5.74) is 3.74. The summed E-state index contributed by atoms with van der Waals surface area (Å²) < 4.78 is 13.9. The Balaban J connectivity index is 3.56. The van der Waals surface area contributed by atoms with E-state index in [4.69, 9.17) is 0 Å². The second-order valence-electron chi connectivity index (χ2n) is 5.07. The Morgan fingerprint density at radius 3 is 1.93 bits per heavy atom. The molecule has 0 saturated heterocycles. The van der Waals surface area contributed by atoms with Gasteiger partial charge in [0.1, 0.15) is 5.82 Å². The Morgan fingerprint density at radius 2 is 1.50 bits per heavy atom. The van der Waals surface area contributed by atoms with E-state index in [0.717, 1.165) is 16.7 Å². The molecule has 0 aliphatic rings. The van der Waals surface area contributed by atoms with Gasteiger partial charge in [0.15, 0.2) is 0 Å². The number of hydrogen-bond donors (Lipinski definition) is 0. The third-order valence-electron chi connectivity index (χ3n) is 2.72. The fraction of sp³-hybridized carbons (Fsp3) is 0.538. The van der Waals surface area contributed by atoms with Crippen LogP contribution in [0.2, 0.25) is 0 Å². The van der Waals surface area contributed by atoms with Gasteiger partial charge in [-0.05, 0) is 48.4 Å². The van der Waals surface area contributed by atoms with E-state index >= 15 is 0 Å². The molecule has 1 rings (SSSR count). The van der Waals surface area contributed by atoms with Crippen LogP contribution in [0.1, 0.15) is 43.0 Å². The van der Waals surface area contributed by atoms with Crippen LogP contribution in [0.5, 0.6) is 0 Å². The predicted molar refractivity (Wildman–Crippen MR) is 59.3 cm³/mol. The largest absolute Gasteiger partial charge is 0.206 e. The van der Waals surface area contributed by atoms with Crippen molar-refractivity contribution in [2.45, 2.75) is 47.0 Å². The second-order valence-corrected chi connectivity index (χ2v) is 5.07. The number of halogens is 1. The highest BCUT2D eigenvalue weighted by Gasteiger charge is 2.22. The van der Waals surface area contributed by atoms with Crippen molar-refractivity contribution in [1.82, 2.24) is 0 Å². The minimum absolute atomic E-state index is 0.0411. The van der Waals surface area contributed by atoms with Crippen molar-refractivity contribution < 1.29 is 4.39 Å². The number of aryl methyl sites for hydroxylation is 2. The molecule has 0 aliphatic heterocycles. The van der Waals surface area contributed by atoms with Crippen LogP contribution in [0, 0.1) is 26.6 Å². The third-order valence-corrected chi connectivity index (χ3v) is 2.72. The lowest BCUT2D eigenvalue weighted by molar-refractivity contribution is 0.514. The monoisotopic (exact) mass is 194 g/mol. The van der Waals surface area contributed by atoms with E-state index in [0.29, 0.717) is 0 Å². The molecule has 1 aromatic rings. The van der Waals surface area contributed by atoms with E-state index in [1.807, 2.05) is 26.8 Å². The molecular weight excluding hydrogens is 175 g/mol. The maximum Gasteiger partial charge on any atom is 0.130 e. The fourth-order valence-electron chi connectivity index (χ4n) is 1.95. The molecule has 0 unspecified atom stereocenters. The minimum Gasteiger partial charge on any atom is -0.206 e.